The lowest BCUT2D eigenvalue weighted by atomic mass is 10.1. The van der Waals surface area contributed by atoms with Gasteiger partial charge < -0.3 is 14.7 Å². The molecule has 0 amide bonds. The highest BCUT2D eigenvalue weighted by Crippen LogP contribution is 2.20. The second-order valence-electron chi connectivity index (χ2n) is 3.73. The molecule has 0 saturated heterocycles. The first kappa shape index (κ1) is 11.5. The molecule has 1 atom stereocenters. The lowest BCUT2D eigenvalue weighted by molar-refractivity contribution is 0.0926. The Balaban J connectivity index is 2.24. The van der Waals surface area contributed by atoms with Crippen LogP contribution in [0.4, 0.5) is 0 Å². The van der Waals surface area contributed by atoms with E-state index in [1.165, 1.54) is 6.20 Å². The number of aryl methyl sites for hydroxylation is 1. The number of carbonyl (C=O) groups is 1. The Morgan fingerprint density at radius 3 is 2.94 bits per heavy atom. The molecule has 6 heteroatoms. The summed E-state index contributed by atoms with van der Waals surface area (Å²) in [4.78, 5) is 15.6. The summed E-state index contributed by atoms with van der Waals surface area (Å²) < 4.78 is 10.2. The largest absolute Gasteiger partial charge is 0.432 e. The van der Waals surface area contributed by atoms with Gasteiger partial charge in [-0.05, 0) is 13.3 Å². The number of hydrogen-bond acceptors (Lipinski definition) is 6. The average Bonchev–Trinajstić information content (AvgIpc) is 2.95. The van der Waals surface area contributed by atoms with E-state index in [1.54, 1.807) is 13.0 Å². The molecule has 17 heavy (non-hydrogen) atoms. The van der Waals surface area contributed by atoms with Crippen LogP contribution >= 0.6 is 0 Å². The number of nitrogens with zero attached hydrogens (tertiary/aromatic N) is 2. The van der Waals surface area contributed by atoms with Crippen molar-refractivity contribution in [2.45, 2.75) is 26.3 Å². The maximum Gasteiger partial charge on any atom is 0.265 e. The van der Waals surface area contributed by atoms with Crippen LogP contribution in [0.3, 0.4) is 0 Å². The number of ketones is 1. The van der Waals surface area contributed by atoms with E-state index in [-0.39, 0.29) is 11.7 Å². The fourth-order valence-electron chi connectivity index (χ4n) is 1.33. The highest BCUT2D eigenvalue weighted by molar-refractivity contribution is 5.96. The van der Waals surface area contributed by atoms with Crippen molar-refractivity contribution in [3.05, 3.63) is 23.9 Å². The molecule has 2 rings (SSSR count). The van der Waals surface area contributed by atoms with Gasteiger partial charge in [0.1, 0.15) is 5.76 Å². The first-order valence-corrected chi connectivity index (χ1v) is 5.31. The van der Waals surface area contributed by atoms with Crippen LogP contribution in [-0.2, 0) is 0 Å². The topological polar surface area (TPSA) is 95.2 Å². The van der Waals surface area contributed by atoms with Gasteiger partial charge in [0.25, 0.3) is 5.89 Å². The third kappa shape index (κ3) is 2.26. The van der Waals surface area contributed by atoms with Gasteiger partial charge in [-0.1, -0.05) is 12.1 Å². The number of aromatic nitrogens is 2. The Kier molecular flexibility index (Phi) is 3.06. The first-order valence-electron chi connectivity index (χ1n) is 5.31. The summed E-state index contributed by atoms with van der Waals surface area (Å²) in [6.07, 6.45) is 1.98. The van der Waals surface area contributed by atoms with Crippen LogP contribution in [-0.4, -0.2) is 22.0 Å². The number of Topliss-reactive ketones (excluding diaryl/α,β-unsaturated/α-hetero) is 1. The molecule has 2 N–H and O–H groups in total. The van der Waals surface area contributed by atoms with Crippen molar-refractivity contribution in [3.63, 3.8) is 0 Å². The highest BCUT2D eigenvalue weighted by atomic mass is 16.5. The van der Waals surface area contributed by atoms with E-state index in [2.05, 4.69) is 10.1 Å². The lowest BCUT2D eigenvalue weighted by Crippen LogP contribution is -2.29. The van der Waals surface area contributed by atoms with Gasteiger partial charge in [0.2, 0.25) is 5.78 Å². The molecule has 0 aliphatic rings. The van der Waals surface area contributed by atoms with Crippen molar-refractivity contribution in [1.29, 1.82) is 0 Å². The number of oxazole rings is 1. The van der Waals surface area contributed by atoms with Crippen molar-refractivity contribution >= 4 is 5.78 Å². The van der Waals surface area contributed by atoms with Crippen LogP contribution in [0.15, 0.2) is 21.2 Å². The van der Waals surface area contributed by atoms with E-state index in [9.17, 15) is 4.79 Å². The number of nitrogens with two attached hydrogens (primary N) is 1. The zero-order valence-corrected chi connectivity index (χ0v) is 9.64. The molecule has 0 aliphatic heterocycles. The SMILES string of the molecule is CCC(N)C(=O)c1ncc(-c2cc(C)on2)o1. The Hall–Kier alpha value is -1.95. The van der Waals surface area contributed by atoms with Crippen molar-refractivity contribution in [1.82, 2.24) is 10.1 Å². The summed E-state index contributed by atoms with van der Waals surface area (Å²) in [5.74, 6) is 0.761. The van der Waals surface area contributed by atoms with Gasteiger partial charge in [-0.3, -0.25) is 4.79 Å². The van der Waals surface area contributed by atoms with Gasteiger partial charge in [0.15, 0.2) is 11.5 Å². The molecule has 6 nitrogen and oxygen atoms in total. The quantitative estimate of drug-likeness (QED) is 0.808. The summed E-state index contributed by atoms with van der Waals surface area (Å²) in [6, 6.07) is 1.12. The molecule has 0 radical (unpaired) electrons. The molecule has 0 fully saturated rings. The summed E-state index contributed by atoms with van der Waals surface area (Å²) in [7, 11) is 0. The molecule has 1 unspecified atom stereocenters. The predicted molar refractivity (Wildman–Crippen MR) is 59.3 cm³/mol. The van der Waals surface area contributed by atoms with Crippen molar-refractivity contribution in [3.8, 4) is 11.5 Å². The summed E-state index contributed by atoms with van der Waals surface area (Å²) >= 11 is 0. The molecule has 90 valence electrons. The van der Waals surface area contributed by atoms with Crippen molar-refractivity contribution in [2.75, 3.05) is 0 Å². The maximum atomic E-state index is 11.7. The Bertz CT molecular complexity index is 530. The molecular weight excluding hydrogens is 222 g/mol. The lowest BCUT2D eigenvalue weighted by Gasteiger charge is -2.02. The van der Waals surface area contributed by atoms with Gasteiger partial charge in [-0.25, -0.2) is 4.98 Å². The van der Waals surface area contributed by atoms with E-state index < -0.39 is 6.04 Å². The molecule has 2 aromatic rings. The normalized spacial score (nSPS) is 12.6. The van der Waals surface area contributed by atoms with Crippen LogP contribution in [0, 0.1) is 6.92 Å². The smallest absolute Gasteiger partial charge is 0.265 e. The van der Waals surface area contributed by atoms with Crippen molar-refractivity contribution in [2.24, 2.45) is 5.73 Å². The summed E-state index contributed by atoms with van der Waals surface area (Å²) in [6.45, 7) is 3.60. The number of hydrogen-bond donors (Lipinski definition) is 1. The van der Waals surface area contributed by atoms with Crippen LogP contribution < -0.4 is 5.73 Å². The van der Waals surface area contributed by atoms with Crippen molar-refractivity contribution < 1.29 is 13.7 Å². The molecule has 0 spiro atoms. The Morgan fingerprint density at radius 1 is 1.59 bits per heavy atom. The minimum Gasteiger partial charge on any atom is -0.432 e. The van der Waals surface area contributed by atoms with Crippen LogP contribution in [0.2, 0.25) is 0 Å². The second kappa shape index (κ2) is 4.50. The van der Waals surface area contributed by atoms with E-state index in [0.29, 0.717) is 23.6 Å². The van der Waals surface area contributed by atoms with Gasteiger partial charge in [0, 0.05) is 6.07 Å². The average molecular weight is 235 g/mol. The molecule has 0 aromatic carbocycles. The molecule has 2 heterocycles. The Labute approximate surface area is 97.8 Å². The minimum atomic E-state index is -0.583. The van der Waals surface area contributed by atoms with E-state index in [4.69, 9.17) is 14.7 Å². The van der Waals surface area contributed by atoms with Crippen LogP contribution in [0.25, 0.3) is 11.5 Å². The highest BCUT2D eigenvalue weighted by Gasteiger charge is 2.20. The van der Waals surface area contributed by atoms with Gasteiger partial charge in [-0.2, -0.15) is 0 Å². The summed E-state index contributed by atoms with van der Waals surface area (Å²) in [5, 5.41) is 3.77. The summed E-state index contributed by atoms with van der Waals surface area (Å²) in [5.41, 5.74) is 6.13. The fourth-order valence-corrected chi connectivity index (χ4v) is 1.33. The molecular formula is C11H13N3O3. The first-order chi connectivity index (χ1) is 8.11. The van der Waals surface area contributed by atoms with Crippen LogP contribution in [0.1, 0.15) is 29.8 Å². The van der Waals surface area contributed by atoms with Gasteiger partial charge in [-0.15, -0.1) is 0 Å². The zero-order chi connectivity index (χ0) is 12.4. The predicted octanol–water partition coefficient (Wildman–Crippen LogP) is 1.56. The van der Waals surface area contributed by atoms with E-state index in [1.807, 2.05) is 6.92 Å². The molecule has 0 saturated carbocycles. The Morgan fingerprint density at radius 2 is 2.35 bits per heavy atom. The molecule has 2 aromatic heterocycles. The number of rotatable bonds is 4. The van der Waals surface area contributed by atoms with Gasteiger partial charge in [0.05, 0.1) is 12.2 Å². The number of carbonyl (C=O) groups excluding carboxylic acids is 1. The van der Waals surface area contributed by atoms with Gasteiger partial charge >= 0.3 is 0 Å². The standard InChI is InChI=1S/C11H13N3O3/c1-3-7(12)10(15)11-13-5-9(16-11)8-4-6(2)17-14-8/h4-5,7H,3,12H2,1-2H3. The zero-order valence-electron chi connectivity index (χ0n) is 9.64. The third-order valence-corrected chi connectivity index (χ3v) is 2.37. The maximum absolute atomic E-state index is 11.7. The molecule has 0 bridgehead atoms. The monoisotopic (exact) mass is 235 g/mol. The molecule has 0 aliphatic carbocycles. The second-order valence-corrected chi connectivity index (χ2v) is 3.73. The third-order valence-electron chi connectivity index (χ3n) is 2.37. The van der Waals surface area contributed by atoms with Crippen LogP contribution in [0.5, 0.6) is 0 Å². The minimum absolute atomic E-state index is 0.00926. The van der Waals surface area contributed by atoms with E-state index >= 15 is 0 Å². The fraction of sp³-hybridized carbons (Fsp3) is 0.364. The van der Waals surface area contributed by atoms with E-state index in [0.717, 1.165) is 0 Å².